The van der Waals surface area contributed by atoms with E-state index < -0.39 is 4.92 Å². The molecule has 98 valence electrons. The van der Waals surface area contributed by atoms with Gasteiger partial charge in [0.05, 0.1) is 4.92 Å². The number of nitrogen functional groups attached to an aromatic ring is 1. The van der Waals surface area contributed by atoms with Crippen molar-refractivity contribution in [2.24, 2.45) is 0 Å². The number of hydrogen-bond acceptors (Lipinski definition) is 7. The molecule has 0 aliphatic rings. The highest BCUT2D eigenvalue weighted by Gasteiger charge is 2.20. The van der Waals surface area contributed by atoms with Gasteiger partial charge in [0.15, 0.2) is 0 Å². The summed E-state index contributed by atoms with van der Waals surface area (Å²) in [6.45, 7) is 0.458. The van der Waals surface area contributed by atoms with Crippen molar-refractivity contribution >= 4 is 17.5 Å². The minimum absolute atomic E-state index is 0.00202. The third-order valence-corrected chi connectivity index (χ3v) is 2.50. The van der Waals surface area contributed by atoms with Gasteiger partial charge >= 0.3 is 5.69 Å². The Morgan fingerprint density at radius 2 is 2.11 bits per heavy atom. The zero-order valence-corrected chi connectivity index (χ0v) is 10.2. The second kappa shape index (κ2) is 5.25. The van der Waals surface area contributed by atoms with Gasteiger partial charge in [-0.15, -0.1) is 0 Å². The van der Waals surface area contributed by atoms with Crippen LogP contribution in [-0.4, -0.2) is 26.9 Å². The number of nitrogens with zero attached hydrogens (tertiary/aromatic N) is 5. The minimum atomic E-state index is -0.530. The highest BCUT2D eigenvalue weighted by molar-refractivity contribution is 5.58. The Labute approximate surface area is 109 Å². The first-order valence-electron chi connectivity index (χ1n) is 5.45. The Hall–Kier alpha value is -2.77. The lowest BCUT2D eigenvalue weighted by molar-refractivity contribution is -0.384. The fraction of sp³-hybridized carbons (Fsp3) is 0.182. The zero-order chi connectivity index (χ0) is 13.8. The number of hydrogen-bond donors (Lipinski definition) is 1. The maximum absolute atomic E-state index is 10.9. The molecule has 0 saturated carbocycles. The van der Waals surface area contributed by atoms with Crippen LogP contribution in [0.25, 0.3) is 0 Å². The van der Waals surface area contributed by atoms with E-state index in [1.54, 1.807) is 24.3 Å². The van der Waals surface area contributed by atoms with Gasteiger partial charge in [0.25, 0.3) is 0 Å². The van der Waals surface area contributed by atoms with Crippen LogP contribution in [0.2, 0.25) is 0 Å². The summed E-state index contributed by atoms with van der Waals surface area (Å²) in [7, 11) is 1.70. The van der Waals surface area contributed by atoms with E-state index in [4.69, 9.17) is 5.73 Å². The molecule has 0 saturated heterocycles. The molecule has 2 aromatic rings. The first kappa shape index (κ1) is 12.7. The fourth-order valence-electron chi connectivity index (χ4n) is 1.63. The van der Waals surface area contributed by atoms with Crippen molar-refractivity contribution in [2.45, 2.75) is 6.54 Å². The lowest BCUT2D eigenvalue weighted by atomic mass is 10.2. The summed E-state index contributed by atoms with van der Waals surface area (Å²) < 4.78 is 0. The Morgan fingerprint density at radius 3 is 2.74 bits per heavy atom. The molecule has 0 amide bonds. The predicted molar refractivity (Wildman–Crippen MR) is 69.4 cm³/mol. The van der Waals surface area contributed by atoms with Crippen LogP contribution in [0.1, 0.15) is 5.56 Å². The maximum Gasteiger partial charge on any atom is 0.329 e. The Kier molecular flexibility index (Phi) is 3.51. The topological polar surface area (TPSA) is 111 Å². The average molecular weight is 260 g/mol. The standard InChI is InChI=1S/C11H12N6O2/c1-16(7-8-2-4-13-5-3-8)10-9(17(18)19)6-14-11(12)15-10/h2-6H,7H2,1H3,(H2,12,14,15). The van der Waals surface area contributed by atoms with E-state index in [0.29, 0.717) is 6.54 Å². The molecule has 0 bridgehead atoms. The summed E-state index contributed by atoms with van der Waals surface area (Å²) in [6.07, 6.45) is 4.43. The fourth-order valence-corrected chi connectivity index (χ4v) is 1.63. The molecular weight excluding hydrogens is 248 g/mol. The van der Waals surface area contributed by atoms with Crippen molar-refractivity contribution in [3.05, 3.63) is 46.4 Å². The molecule has 0 fully saturated rings. The quantitative estimate of drug-likeness (QED) is 0.644. The van der Waals surface area contributed by atoms with E-state index in [-0.39, 0.29) is 17.5 Å². The summed E-state index contributed by atoms with van der Waals surface area (Å²) in [5.74, 6) is 0.191. The van der Waals surface area contributed by atoms with E-state index in [2.05, 4.69) is 15.0 Å². The Bertz CT molecular complexity index is 589. The van der Waals surface area contributed by atoms with Crippen LogP contribution in [0.3, 0.4) is 0 Å². The van der Waals surface area contributed by atoms with Crippen molar-refractivity contribution in [1.29, 1.82) is 0 Å². The molecule has 2 rings (SSSR count). The SMILES string of the molecule is CN(Cc1ccncc1)c1nc(N)ncc1[N+](=O)[O-]. The number of nitro groups is 1. The molecule has 0 aliphatic heterocycles. The second-order valence-electron chi connectivity index (χ2n) is 3.91. The van der Waals surface area contributed by atoms with Gasteiger partial charge < -0.3 is 10.6 Å². The average Bonchev–Trinajstić information content (AvgIpc) is 2.39. The van der Waals surface area contributed by atoms with Crippen LogP contribution in [0.4, 0.5) is 17.5 Å². The van der Waals surface area contributed by atoms with Gasteiger partial charge in [-0.25, -0.2) is 4.98 Å². The van der Waals surface area contributed by atoms with E-state index in [1.807, 2.05) is 12.1 Å². The number of nitrogens with two attached hydrogens (primary N) is 1. The molecule has 8 nitrogen and oxygen atoms in total. The molecule has 8 heteroatoms. The molecule has 2 aromatic heterocycles. The van der Waals surface area contributed by atoms with Gasteiger partial charge in [-0.05, 0) is 17.7 Å². The van der Waals surface area contributed by atoms with Crippen molar-refractivity contribution in [3.63, 3.8) is 0 Å². The van der Waals surface area contributed by atoms with E-state index in [9.17, 15) is 10.1 Å². The summed E-state index contributed by atoms with van der Waals surface area (Å²) >= 11 is 0. The smallest absolute Gasteiger partial charge is 0.329 e. The molecule has 2 N–H and O–H groups in total. The molecule has 19 heavy (non-hydrogen) atoms. The normalized spacial score (nSPS) is 10.2. The van der Waals surface area contributed by atoms with Crippen LogP contribution in [0.15, 0.2) is 30.7 Å². The van der Waals surface area contributed by atoms with Crippen molar-refractivity contribution in [2.75, 3.05) is 17.7 Å². The summed E-state index contributed by atoms with van der Waals surface area (Å²) in [5.41, 5.74) is 6.26. The first-order chi connectivity index (χ1) is 9.08. The highest BCUT2D eigenvalue weighted by Crippen LogP contribution is 2.25. The van der Waals surface area contributed by atoms with Crippen LogP contribution in [-0.2, 0) is 6.54 Å². The van der Waals surface area contributed by atoms with E-state index in [1.165, 1.54) is 0 Å². The van der Waals surface area contributed by atoms with Gasteiger partial charge in [-0.2, -0.15) is 4.98 Å². The maximum atomic E-state index is 10.9. The van der Waals surface area contributed by atoms with Gasteiger partial charge in [0.1, 0.15) is 6.20 Å². The van der Waals surface area contributed by atoms with Crippen LogP contribution < -0.4 is 10.6 Å². The lowest BCUT2D eigenvalue weighted by Gasteiger charge is -2.17. The van der Waals surface area contributed by atoms with Crippen LogP contribution >= 0.6 is 0 Å². The van der Waals surface area contributed by atoms with Crippen LogP contribution in [0.5, 0.6) is 0 Å². The zero-order valence-electron chi connectivity index (χ0n) is 10.2. The Morgan fingerprint density at radius 1 is 1.42 bits per heavy atom. The number of rotatable bonds is 4. The highest BCUT2D eigenvalue weighted by atomic mass is 16.6. The number of anilines is 2. The number of aromatic nitrogens is 3. The molecule has 0 atom stereocenters. The second-order valence-corrected chi connectivity index (χ2v) is 3.91. The monoisotopic (exact) mass is 260 g/mol. The third-order valence-electron chi connectivity index (χ3n) is 2.50. The molecular formula is C11H12N6O2. The lowest BCUT2D eigenvalue weighted by Crippen LogP contribution is -2.20. The third kappa shape index (κ3) is 2.92. The van der Waals surface area contributed by atoms with E-state index in [0.717, 1.165) is 11.8 Å². The molecule has 2 heterocycles. The Balaban J connectivity index is 2.30. The van der Waals surface area contributed by atoms with Gasteiger partial charge in [0, 0.05) is 26.0 Å². The minimum Gasteiger partial charge on any atom is -0.368 e. The first-order valence-corrected chi connectivity index (χ1v) is 5.45. The van der Waals surface area contributed by atoms with Gasteiger partial charge in [-0.1, -0.05) is 0 Å². The molecule has 0 aliphatic carbocycles. The van der Waals surface area contributed by atoms with Crippen LogP contribution in [0, 0.1) is 10.1 Å². The van der Waals surface area contributed by atoms with E-state index >= 15 is 0 Å². The molecule has 0 spiro atoms. The largest absolute Gasteiger partial charge is 0.368 e. The van der Waals surface area contributed by atoms with Crippen molar-refractivity contribution < 1.29 is 4.92 Å². The van der Waals surface area contributed by atoms with Gasteiger partial charge in [0.2, 0.25) is 11.8 Å². The summed E-state index contributed by atoms with van der Waals surface area (Å²) in [6, 6.07) is 3.65. The summed E-state index contributed by atoms with van der Waals surface area (Å²) in [4.78, 5) is 23.5. The molecule has 0 radical (unpaired) electrons. The van der Waals surface area contributed by atoms with Gasteiger partial charge in [-0.3, -0.25) is 15.1 Å². The molecule has 0 unspecified atom stereocenters. The predicted octanol–water partition coefficient (Wildman–Crippen LogP) is 0.998. The summed E-state index contributed by atoms with van der Waals surface area (Å²) in [5, 5.41) is 10.9. The van der Waals surface area contributed by atoms with Crippen molar-refractivity contribution in [3.8, 4) is 0 Å². The number of pyridine rings is 1. The van der Waals surface area contributed by atoms with Crippen molar-refractivity contribution in [1.82, 2.24) is 15.0 Å². The molecule has 0 aromatic carbocycles.